The summed E-state index contributed by atoms with van der Waals surface area (Å²) in [7, 11) is 1.77. The van der Waals surface area contributed by atoms with Crippen molar-refractivity contribution in [2.24, 2.45) is 0 Å². The molecule has 1 rings (SSSR count). The first-order valence-electron chi connectivity index (χ1n) is 4.54. The van der Waals surface area contributed by atoms with E-state index in [0.29, 0.717) is 12.3 Å². The van der Waals surface area contributed by atoms with Crippen LogP contribution in [-0.2, 0) is 4.79 Å². The highest BCUT2D eigenvalue weighted by Crippen LogP contribution is 2.14. The van der Waals surface area contributed by atoms with E-state index in [2.05, 4.69) is 0 Å². The number of halogens is 1. The van der Waals surface area contributed by atoms with Crippen molar-refractivity contribution in [3.8, 4) is 0 Å². The molecule has 0 aromatic heterocycles. The number of alkyl halides is 1. The molecule has 76 valence electrons. The van der Waals surface area contributed by atoms with Crippen molar-refractivity contribution in [2.45, 2.75) is 13.3 Å². The van der Waals surface area contributed by atoms with Crippen LogP contribution in [0.2, 0.25) is 0 Å². The number of carbonyl (C=O) groups excluding carboxylic acids is 1. The maximum absolute atomic E-state index is 11.5. The number of hydrogen-bond acceptors (Lipinski definition) is 1. The number of nitrogens with zero attached hydrogens (tertiary/aromatic N) is 1. The van der Waals surface area contributed by atoms with Crippen molar-refractivity contribution in [1.29, 1.82) is 0 Å². The molecule has 0 radical (unpaired) electrons. The lowest BCUT2D eigenvalue weighted by Gasteiger charge is -2.17. The van der Waals surface area contributed by atoms with Crippen LogP contribution in [0.4, 0.5) is 5.69 Å². The second kappa shape index (κ2) is 5.01. The van der Waals surface area contributed by atoms with Crippen molar-refractivity contribution in [1.82, 2.24) is 0 Å². The summed E-state index contributed by atoms with van der Waals surface area (Å²) in [5.74, 6) is 0.417. The molecule has 0 atom stereocenters. The first kappa shape index (κ1) is 11.1. The number of anilines is 1. The van der Waals surface area contributed by atoms with E-state index in [1.807, 2.05) is 31.2 Å². The number of rotatable bonds is 3. The zero-order chi connectivity index (χ0) is 10.6. The Morgan fingerprint density at radius 3 is 2.79 bits per heavy atom. The van der Waals surface area contributed by atoms with Gasteiger partial charge < -0.3 is 4.90 Å². The Morgan fingerprint density at radius 1 is 1.50 bits per heavy atom. The quantitative estimate of drug-likeness (QED) is 0.704. The Morgan fingerprint density at radius 2 is 2.21 bits per heavy atom. The fourth-order valence-electron chi connectivity index (χ4n) is 1.23. The Hall–Kier alpha value is -1.02. The largest absolute Gasteiger partial charge is 0.315 e. The lowest BCUT2D eigenvalue weighted by atomic mass is 10.2. The summed E-state index contributed by atoms with van der Waals surface area (Å²) >= 11 is 5.51. The molecule has 0 bridgehead atoms. The average Bonchev–Trinajstić information content (AvgIpc) is 2.17. The van der Waals surface area contributed by atoms with Gasteiger partial charge in [0.25, 0.3) is 0 Å². The molecule has 0 saturated carbocycles. The highest BCUT2D eigenvalue weighted by molar-refractivity contribution is 6.19. The standard InChI is InChI=1S/C11H14ClNO/c1-9-4-3-5-10(8-9)13(2)11(14)6-7-12/h3-5,8H,6-7H2,1-2H3. The third-order valence-corrected chi connectivity index (χ3v) is 2.26. The molecule has 0 aliphatic heterocycles. The molecule has 0 heterocycles. The molecule has 0 fully saturated rings. The predicted octanol–water partition coefficient (Wildman–Crippen LogP) is 2.59. The molecule has 0 unspecified atom stereocenters. The molecular weight excluding hydrogens is 198 g/mol. The first-order chi connectivity index (χ1) is 6.65. The topological polar surface area (TPSA) is 20.3 Å². The molecule has 2 nitrogen and oxygen atoms in total. The smallest absolute Gasteiger partial charge is 0.227 e. The van der Waals surface area contributed by atoms with E-state index >= 15 is 0 Å². The average molecular weight is 212 g/mol. The van der Waals surface area contributed by atoms with Gasteiger partial charge in [0.15, 0.2) is 0 Å². The molecule has 0 N–H and O–H groups in total. The summed E-state index contributed by atoms with van der Waals surface area (Å²) < 4.78 is 0. The second-order valence-corrected chi connectivity index (χ2v) is 3.61. The summed E-state index contributed by atoms with van der Waals surface area (Å²) in [4.78, 5) is 13.1. The summed E-state index contributed by atoms with van der Waals surface area (Å²) in [5, 5.41) is 0. The Balaban J connectivity index is 2.78. The zero-order valence-corrected chi connectivity index (χ0v) is 9.21. The Kier molecular flexibility index (Phi) is 3.96. The van der Waals surface area contributed by atoms with Crippen LogP contribution >= 0.6 is 11.6 Å². The summed E-state index contributed by atoms with van der Waals surface area (Å²) in [6.07, 6.45) is 0.381. The van der Waals surface area contributed by atoms with Crippen LogP contribution < -0.4 is 4.90 Å². The van der Waals surface area contributed by atoms with Gasteiger partial charge in [0.2, 0.25) is 5.91 Å². The molecule has 0 spiro atoms. The maximum Gasteiger partial charge on any atom is 0.227 e. The highest BCUT2D eigenvalue weighted by atomic mass is 35.5. The predicted molar refractivity (Wildman–Crippen MR) is 59.9 cm³/mol. The van der Waals surface area contributed by atoms with Crippen molar-refractivity contribution >= 4 is 23.2 Å². The third kappa shape index (κ3) is 2.74. The van der Waals surface area contributed by atoms with Crippen LogP contribution in [0.25, 0.3) is 0 Å². The van der Waals surface area contributed by atoms with Crippen LogP contribution in [0.15, 0.2) is 24.3 Å². The van der Waals surface area contributed by atoms with Gasteiger partial charge in [0.1, 0.15) is 0 Å². The Labute approximate surface area is 89.5 Å². The second-order valence-electron chi connectivity index (χ2n) is 3.23. The van der Waals surface area contributed by atoms with Crippen molar-refractivity contribution < 1.29 is 4.79 Å². The van der Waals surface area contributed by atoms with E-state index in [1.54, 1.807) is 11.9 Å². The van der Waals surface area contributed by atoms with Crippen LogP contribution in [0, 0.1) is 6.92 Å². The van der Waals surface area contributed by atoms with Gasteiger partial charge in [-0.05, 0) is 24.6 Å². The lowest BCUT2D eigenvalue weighted by molar-refractivity contribution is -0.117. The minimum Gasteiger partial charge on any atom is -0.315 e. The minimum absolute atomic E-state index is 0.0469. The van der Waals surface area contributed by atoms with E-state index in [4.69, 9.17) is 11.6 Å². The number of hydrogen-bond donors (Lipinski definition) is 0. The van der Waals surface area contributed by atoms with E-state index in [-0.39, 0.29) is 5.91 Å². The normalized spacial score (nSPS) is 9.93. The molecule has 14 heavy (non-hydrogen) atoms. The van der Waals surface area contributed by atoms with Crippen LogP contribution in [0.3, 0.4) is 0 Å². The van der Waals surface area contributed by atoms with Crippen molar-refractivity contribution in [3.05, 3.63) is 29.8 Å². The van der Waals surface area contributed by atoms with Crippen LogP contribution in [-0.4, -0.2) is 18.8 Å². The first-order valence-corrected chi connectivity index (χ1v) is 5.08. The van der Waals surface area contributed by atoms with Gasteiger partial charge in [0.05, 0.1) is 0 Å². The summed E-state index contributed by atoms with van der Waals surface area (Å²) in [6.45, 7) is 2.00. The SMILES string of the molecule is Cc1cccc(N(C)C(=O)CCCl)c1. The number of amides is 1. The third-order valence-electron chi connectivity index (χ3n) is 2.07. The maximum atomic E-state index is 11.5. The minimum atomic E-state index is 0.0469. The number of aryl methyl sites for hydroxylation is 1. The molecular formula is C11H14ClNO. The van der Waals surface area contributed by atoms with Crippen LogP contribution in [0.5, 0.6) is 0 Å². The molecule has 3 heteroatoms. The monoisotopic (exact) mass is 211 g/mol. The highest BCUT2D eigenvalue weighted by Gasteiger charge is 2.09. The van der Waals surface area contributed by atoms with E-state index in [9.17, 15) is 4.79 Å². The van der Waals surface area contributed by atoms with Gasteiger partial charge in [0, 0.05) is 25.0 Å². The van der Waals surface area contributed by atoms with Crippen molar-refractivity contribution in [2.75, 3.05) is 17.8 Å². The molecule has 1 aromatic rings. The number of carbonyl (C=O) groups is 1. The van der Waals surface area contributed by atoms with E-state index in [0.717, 1.165) is 11.3 Å². The molecule has 0 aliphatic carbocycles. The van der Waals surface area contributed by atoms with Gasteiger partial charge >= 0.3 is 0 Å². The zero-order valence-electron chi connectivity index (χ0n) is 8.46. The molecule has 0 saturated heterocycles. The summed E-state index contributed by atoms with van der Waals surface area (Å²) in [5.41, 5.74) is 2.06. The molecule has 0 aliphatic rings. The van der Waals surface area contributed by atoms with Crippen LogP contribution in [0.1, 0.15) is 12.0 Å². The fourth-order valence-corrected chi connectivity index (χ4v) is 1.39. The van der Waals surface area contributed by atoms with Gasteiger partial charge in [-0.25, -0.2) is 0 Å². The van der Waals surface area contributed by atoms with Gasteiger partial charge in [-0.2, -0.15) is 0 Å². The van der Waals surface area contributed by atoms with E-state index in [1.165, 1.54) is 0 Å². The summed E-state index contributed by atoms with van der Waals surface area (Å²) in [6, 6.07) is 7.84. The van der Waals surface area contributed by atoms with Gasteiger partial charge in [-0.1, -0.05) is 12.1 Å². The lowest BCUT2D eigenvalue weighted by Crippen LogP contribution is -2.26. The van der Waals surface area contributed by atoms with Gasteiger partial charge in [-0.15, -0.1) is 11.6 Å². The van der Waals surface area contributed by atoms with Gasteiger partial charge in [-0.3, -0.25) is 4.79 Å². The van der Waals surface area contributed by atoms with Crippen molar-refractivity contribution in [3.63, 3.8) is 0 Å². The molecule has 1 aromatic carbocycles. The Bertz CT molecular complexity index is 325. The van der Waals surface area contributed by atoms with E-state index < -0.39 is 0 Å². The fraction of sp³-hybridized carbons (Fsp3) is 0.364. The molecule has 1 amide bonds. The number of benzene rings is 1.